The third kappa shape index (κ3) is 3.63. The molecule has 2 heterocycles. The van der Waals surface area contributed by atoms with Crippen molar-refractivity contribution in [2.45, 2.75) is 45.6 Å². The average Bonchev–Trinajstić information content (AvgIpc) is 2.67. The van der Waals surface area contributed by atoms with Gasteiger partial charge in [0.05, 0.1) is 18.7 Å². The molecule has 2 rings (SSSR count). The van der Waals surface area contributed by atoms with Crippen LogP contribution in [-0.2, 0) is 9.53 Å². The fourth-order valence-electron chi connectivity index (χ4n) is 2.51. The summed E-state index contributed by atoms with van der Waals surface area (Å²) in [6, 6.07) is -0.180. The second-order valence-corrected chi connectivity index (χ2v) is 6.55. The fourth-order valence-corrected chi connectivity index (χ4v) is 3.57. The molecule has 6 heteroatoms. The minimum absolute atomic E-state index is 0.0664. The lowest BCUT2D eigenvalue weighted by Gasteiger charge is -2.15. The molecule has 0 saturated carbocycles. The van der Waals surface area contributed by atoms with Gasteiger partial charge in [-0.05, 0) is 38.8 Å². The predicted molar refractivity (Wildman–Crippen MR) is 84.0 cm³/mol. The molecular weight excluding hydrogens is 288 g/mol. The minimum Gasteiger partial charge on any atom is -0.465 e. The van der Waals surface area contributed by atoms with E-state index in [1.807, 2.05) is 13.8 Å². The smallest absolute Gasteiger partial charge is 0.341 e. The van der Waals surface area contributed by atoms with Crippen LogP contribution in [0.3, 0.4) is 0 Å². The molecule has 1 unspecified atom stereocenters. The second-order valence-electron chi connectivity index (χ2n) is 5.32. The number of anilines is 1. The zero-order chi connectivity index (χ0) is 15.4. The molecule has 1 aromatic rings. The standard InChI is InChI=1S/C15H22N2O3S/c1-9-10(2)21-14(12(9)15(19)20-3)17-13(18)11-7-5-4-6-8-16-11/h11,16H,4-8H2,1-3H3,(H,17,18). The molecule has 5 nitrogen and oxygen atoms in total. The molecule has 0 aromatic carbocycles. The van der Waals surface area contributed by atoms with E-state index in [0.29, 0.717) is 10.6 Å². The van der Waals surface area contributed by atoms with Crippen molar-refractivity contribution in [1.29, 1.82) is 0 Å². The van der Waals surface area contributed by atoms with Gasteiger partial charge in [0.1, 0.15) is 5.00 Å². The predicted octanol–water partition coefficient (Wildman–Crippen LogP) is 2.62. The molecular formula is C15H22N2O3S. The Bertz CT molecular complexity index is 531. The van der Waals surface area contributed by atoms with Crippen LogP contribution in [0.25, 0.3) is 0 Å². The van der Waals surface area contributed by atoms with E-state index in [4.69, 9.17) is 4.74 Å². The van der Waals surface area contributed by atoms with Crippen molar-refractivity contribution in [2.24, 2.45) is 0 Å². The summed E-state index contributed by atoms with van der Waals surface area (Å²) in [7, 11) is 1.35. The van der Waals surface area contributed by atoms with E-state index in [1.165, 1.54) is 18.4 Å². The zero-order valence-electron chi connectivity index (χ0n) is 12.7. The van der Waals surface area contributed by atoms with Crippen LogP contribution in [0.15, 0.2) is 0 Å². The number of aryl methyl sites for hydroxylation is 1. The van der Waals surface area contributed by atoms with Crippen LogP contribution in [0.4, 0.5) is 5.00 Å². The molecule has 0 aliphatic carbocycles. The Labute approximate surface area is 129 Å². The molecule has 0 spiro atoms. The Hall–Kier alpha value is -1.40. The Morgan fingerprint density at radius 2 is 2.05 bits per heavy atom. The summed E-state index contributed by atoms with van der Waals surface area (Å²) >= 11 is 1.42. The van der Waals surface area contributed by atoms with Crippen molar-refractivity contribution >= 4 is 28.2 Å². The van der Waals surface area contributed by atoms with Gasteiger partial charge < -0.3 is 15.4 Å². The molecule has 1 fully saturated rings. The maximum absolute atomic E-state index is 12.4. The van der Waals surface area contributed by atoms with Crippen LogP contribution in [0, 0.1) is 13.8 Å². The number of thiophene rings is 1. The van der Waals surface area contributed by atoms with Gasteiger partial charge in [0.15, 0.2) is 0 Å². The van der Waals surface area contributed by atoms with E-state index in [2.05, 4.69) is 10.6 Å². The average molecular weight is 310 g/mol. The van der Waals surface area contributed by atoms with Gasteiger partial charge in [-0.1, -0.05) is 12.8 Å². The number of carbonyl (C=O) groups is 2. The zero-order valence-corrected chi connectivity index (χ0v) is 13.6. The molecule has 1 saturated heterocycles. The number of carbonyl (C=O) groups excluding carboxylic acids is 2. The van der Waals surface area contributed by atoms with E-state index in [-0.39, 0.29) is 11.9 Å². The van der Waals surface area contributed by atoms with Crippen molar-refractivity contribution in [3.63, 3.8) is 0 Å². The van der Waals surface area contributed by atoms with Crippen LogP contribution in [0.5, 0.6) is 0 Å². The van der Waals surface area contributed by atoms with Crippen LogP contribution < -0.4 is 10.6 Å². The number of esters is 1. The first-order valence-electron chi connectivity index (χ1n) is 7.27. The topological polar surface area (TPSA) is 67.4 Å². The Kier molecular flexibility index (Phi) is 5.36. The van der Waals surface area contributed by atoms with Crippen LogP contribution in [0.1, 0.15) is 46.5 Å². The quantitative estimate of drug-likeness (QED) is 0.842. The van der Waals surface area contributed by atoms with E-state index < -0.39 is 5.97 Å². The number of hydrogen-bond donors (Lipinski definition) is 2. The van der Waals surface area contributed by atoms with E-state index >= 15 is 0 Å². The summed E-state index contributed by atoms with van der Waals surface area (Å²) in [4.78, 5) is 25.3. The molecule has 1 aliphatic heterocycles. The molecule has 1 aromatic heterocycles. The lowest BCUT2D eigenvalue weighted by atomic mass is 10.1. The molecule has 2 N–H and O–H groups in total. The highest BCUT2D eigenvalue weighted by molar-refractivity contribution is 7.16. The molecule has 1 aliphatic rings. The van der Waals surface area contributed by atoms with Gasteiger partial charge in [0.2, 0.25) is 5.91 Å². The number of amides is 1. The first-order chi connectivity index (χ1) is 10.0. The Balaban J connectivity index is 2.16. The van der Waals surface area contributed by atoms with Crippen molar-refractivity contribution < 1.29 is 14.3 Å². The molecule has 116 valence electrons. The van der Waals surface area contributed by atoms with Crippen molar-refractivity contribution in [3.8, 4) is 0 Å². The van der Waals surface area contributed by atoms with Gasteiger partial charge in [-0.2, -0.15) is 0 Å². The summed E-state index contributed by atoms with van der Waals surface area (Å²) in [5.41, 5.74) is 1.35. The van der Waals surface area contributed by atoms with E-state index in [1.54, 1.807) is 0 Å². The second kappa shape index (κ2) is 7.04. The number of hydrogen-bond acceptors (Lipinski definition) is 5. The molecule has 1 atom stereocenters. The lowest BCUT2D eigenvalue weighted by molar-refractivity contribution is -0.118. The minimum atomic E-state index is -0.402. The Morgan fingerprint density at radius 1 is 1.29 bits per heavy atom. The van der Waals surface area contributed by atoms with Gasteiger partial charge in [0.25, 0.3) is 0 Å². The van der Waals surface area contributed by atoms with Crippen LogP contribution in [-0.4, -0.2) is 31.6 Å². The van der Waals surface area contributed by atoms with Crippen LogP contribution >= 0.6 is 11.3 Å². The molecule has 1 amide bonds. The van der Waals surface area contributed by atoms with E-state index in [9.17, 15) is 9.59 Å². The number of ether oxygens (including phenoxy) is 1. The summed E-state index contributed by atoms with van der Waals surface area (Å²) in [5.74, 6) is -0.468. The van der Waals surface area contributed by atoms with Crippen molar-refractivity contribution in [1.82, 2.24) is 5.32 Å². The summed E-state index contributed by atoms with van der Waals surface area (Å²) in [5, 5.41) is 6.75. The highest BCUT2D eigenvalue weighted by atomic mass is 32.1. The largest absolute Gasteiger partial charge is 0.465 e. The van der Waals surface area contributed by atoms with Gasteiger partial charge in [-0.3, -0.25) is 4.79 Å². The SMILES string of the molecule is COC(=O)c1c(NC(=O)C2CCCCCN2)sc(C)c1C. The monoisotopic (exact) mass is 310 g/mol. The third-order valence-corrected chi connectivity index (χ3v) is 5.01. The Morgan fingerprint density at radius 3 is 2.76 bits per heavy atom. The van der Waals surface area contributed by atoms with E-state index in [0.717, 1.165) is 42.7 Å². The molecule has 21 heavy (non-hydrogen) atoms. The highest BCUT2D eigenvalue weighted by Crippen LogP contribution is 2.33. The maximum Gasteiger partial charge on any atom is 0.341 e. The molecule has 0 bridgehead atoms. The normalized spacial score (nSPS) is 18.9. The van der Waals surface area contributed by atoms with Gasteiger partial charge >= 0.3 is 5.97 Å². The van der Waals surface area contributed by atoms with Gasteiger partial charge in [-0.25, -0.2) is 4.79 Å². The maximum atomic E-state index is 12.4. The summed E-state index contributed by atoms with van der Waals surface area (Å²) in [6.45, 7) is 4.67. The number of rotatable bonds is 3. The number of nitrogens with one attached hydrogen (secondary N) is 2. The number of methoxy groups -OCH3 is 1. The molecule has 0 radical (unpaired) electrons. The first kappa shape index (κ1) is 16.0. The summed E-state index contributed by atoms with van der Waals surface area (Å²) in [6.07, 6.45) is 4.15. The summed E-state index contributed by atoms with van der Waals surface area (Å²) < 4.78 is 4.82. The van der Waals surface area contributed by atoms with Crippen molar-refractivity contribution in [2.75, 3.05) is 19.0 Å². The highest BCUT2D eigenvalue weighted by Gasteiger charge is 2.25. The van der Waals surface area contributed by atoms with Crippen molar-refractivity contribution in [3.05, 3.63) is 16.0 Å². The third-order valence-electron chi connectivity index (χ3n) is 3.89. The fraction of sp³-hybridized carbons (Fsp3) is 0.600. The lowest BCUT2D eigenvalue weighted by Crippen LogP contribution is -2.39. The van der Waals surface area contributed by atoms with Gasteiger partial charge in [-0.15, -0.1) is 11.3 Å². The first-order valence-corrected chi connectivity index (χ1v) is 8.08. The van der Waals surface area contributed by atoms with Crippen LogP contribution in [0.2, 0.25) is 0 Å². The van der Waals surface area contributed by atoms with Gasteiger partial charge in [0, 0.05) is 4.88 Å².